The first kappa shape index (κ1) is 8.79. The molecule has 2 N–H and O–H groups in total. The third kappa shape index (κ3) is 1.31. The number of ether oxygens (including phenoxy) is 1. The second-order valence-corrected chi connectivity index (χ2v) is 4.06. The minimum atomic E-state index is -0.499. The second-order valence-electron chi connectivity index (χ2n) is 4.06. The van der Waals surface area contributed by atoms with Gasteiger partial charge in [-0.25, -0.2) is 9.97 Å². The maximum Gasteiger partial charge on any atom is 0.267 e. The molecule has 2 atom stereocenters. The van der Waals surface area contributed by atoms with Crippen molar-refractivity contribution in [3.05, 3.63) is 23.8 Å². The number of aromatic nitrogens is 2. The lowest BCUT2D eigenvalue weighted by Crippen LogP contribution is -2.15. The first-order valence-corrected chi connectivity index (χ1v) is 4.98. The molecule has 1 aliphatic heterocycles. The van der Waals surface area contributed by atoms with Crippen molar-refractivity contribution in [2.45, 2.75) is 5.92 Å². The summed E-state index contributed by atoms with van der Waals surface area (Å²) in [4.78, 5) is 19.3. The van der Waals surface area contributed by atoms with Gasteiger partial charge in [0.15, 0.2) is 0 Å². The van der Waals surface area contributed by atoms with Gasteiger partial charge in [0.1, 0.15) is 11.5 Å². The van der Waals surface area contributed by atoms with Gasteiger partial charge < -0.3 is 10.5 Å². The Labute approximate surface area is 86.7 Å². The van der Waals surface area contributed by atoms with Crippen molar-refractivity contribution in [3.8, 4) is 0 Å². The van der Waals surface area contributed by atoms with E-state index in [-0.39, 0.29) is 0 Å². The first-order valence-electron chi connectivity index (χ1n) is 4.98. The van der Waals surface area contributed by atoms with Crippen LogP contribution in [0, 0.1) is 11.8 Å². The molecule has 1 amide bonds. The van der Waals surface area contributed by atoms with E-state index in [2.05, 4.69) is 9.97 Å². The molecule has 15 heavy (non-hydrogen) atoms. The Hall–Kier alpha value is -1.49. The number of hydrogen-bond acceptors (Lipinski definition) is 4. The molecule has 2 aliphatic rings. The maximum atomic E-state index is 10.9. The highest BCUT2D eigenvalue weighted by molar-refractivity contribution is 5.90. The van der Waals surface area contributed by atoms with Crippen LogP contribution in [0.5, 0.6) is 0 Å². The Morgan fingerprint density at radius 3 is 2.87 bits per heavy atom. The topological polar surface area (TPSA) is 78.1 Å². The SMILES string of the molecule is NC(=O)c1ccnc(C2C3COCC32)n1. The summed E-state index contributed by atoms with van der Waals surface area (Å²) in [6, 6.07) is 1.54. The lowest BCUT2D eigenvalue weighted by atomic mass is 10.2. The van der Waals surface area contributed by atoms with E-state index in [0.717, 1.165) is 19.0 Å². The van der Waals surface area contributed by atoms with E-state index < -0.39 is 5.91 Å². The fraction of sp³-hybridized carbons (Fsp3) is 0.500. The molecule has 2 fully saturated rings. The molecule has 2 heterocycles. The molecule has 0 radical (unpaired) electrons. The molecular weight excluding hydrogens is 194 g/mol. The quantitative estimate of drug-likeness (QED) is 0.733. The summed E-state index contributed by atoms with van der Waals surface area (Å²) >= 11 is 0. The first-order chi connectivity index (χ1) is 7.27. The van der Waals surface area contributed by atoms with Gasteiger partial charge in [0, 0.05) is 12.1 Å². The highest BCUT2D eigenvalue weighted by Crippen LogP contribution is 2.56. The van der Waals surface area contributed by atoms with Crippen molar-refractivity contribution in [2.24, 2.45) is 17.6 Å². The van der Waals surface area contributed by atoms with E-state index in [1.165, 1.54) is 0 Å². The Kier molecular flexibility index (Phi) is 1.76. The fourth-order valence-corrected chi connectivity index (χ4v) is 2.29. The van der Waals surface area contributed by atoms with Crippen molar-refractivity contribution in [1.29, 1.82) is 0 Å². The number of primary amides is 1. The van der Waals surface area contributed by atoms with Crippen LogP contribution in [-0.4, -0.2) is 29.1 Å². The zero-order valence-electron chi connectivity index (χ0n) is 8.09. The van der Waals surface area contributed by atoms with Gasteiger partial charge >= 0.3 is 0 Å². The number of amides is 1. The molecule has 1 aromatic rings. The minimum absolute atomic E-state index is 0.297. The summed E-state index contributed by atoms with van der Waals surface area (Å²) in [6.07, 6.45) is 1.59. The van der Waals surface area contributed by atoms with Crippen LogP contribution in [0.2, 0.25) is 0 Å². The molecule has 1 saturated heterocycles. The Bertz CT molecular complexity index is 411. The zero-order valence-corrected chi connectivity index (χ0v) is 8.09. The molecule has 3 rings (SSSR count). The molecule has 1 saturated carbocycles. The lowest BCUT2D eigenvalue weighted by Gasteiger charge is -2.03. The van der Waals surface area contributed by atoms with Gasteiger partial charge in [0.2, 0.25) is 0 Å². The summed E-state index contributed by atoms with van der Waals surface area (Å²) in [5, 5.41) is 0. The largest absolute Gasteiger partial charge is 0.381 e. The number of carbonyl (C=O) groups excluding carboxylic acids is 1. The minimum Gasteiger partial charge on any atom is -0.381 e. The van der Waals surface area contributed by atoms with Gasteiger partial charge in [-0.3, -0.25) is 4.79 Å². The number of carbonyl (C=O) groups is 1. The molecule has 5 heteroatoms. The molecule has 2 unspecified atom stereocenters. The van der Waals surface area contributed by atoms with Crippen LogP contribution in [0.1, 0.15) is 22.2 Å². The van der Waals surface area contributed by atoms with E-state index in [9.17, 15) is 4.79 Å². The van der Waals surface area contributed by atoms with Crippen LogP contribution < -0.4 is 5.73 Å². The maximum absolute atomic E-state index is 10.9. The van der Waals surface area contributed by atoms with Gasteiger partial charge in [-0.15, -0.1) is 0 Å². The van der Waals surface area contributed by atoms with E-state index in [1.54, 1.807) is 12.3 Å². The van der Waals surface area contributed by atoms with Crippen molar-refractivity contribution < 1.29 is 9.53 Å². The Morgan fingerprint density at radius 1 is 1.47 bits per heavy atom. The van der Waals surface area contributed by atoms with Gasteiger partial charge in [-0.2, -0.15) is 0 Å². The average molecular weight is 205 g/mol. The second kappa shape index (κ2) is 3.00. The highest BCUT2D eigenvalue weighted by Gasteiger charge is 2.56. The van der Waals surface area contributed by atoms with E-state index in [1.807, 2.05) is 0 Å². The predicted octanol–water partition coefficient (Wildman–Crippen LogP) is -0.0647. The monoisotopic (exact) mass is 205 g/mol. The number of hydrogen-bond donors (Lipinski definition) is 1. The number of fused-ring (bicyclic) bond motifs is 1. The van der Waals surface area contributed by atoms with Crippen LogP contribution in [0.3, 0.4) is 0 Å². The van der Waals surface area contributed by atoms with Crippen molar-refractivity contribution in [3.63, 3.8) is 0 Å². The summed E-state index contributed by atoms with van der Waals surface area (Å²) in [5.41, 5.74) is 5.46. The van der Waals surface area contributed by atoms with Crippen LogP contribution >= 0.6 is 0 Å². The summed E-state index contributed by atoms with van der Waals surface area (Å²) in [5.74, 6) is 1.71. The molecule has 0 spiro atoms. The summed E-state index contributed by atoms with van der Waals surface area (Å²) < 4.78 is 5.29. The Morgan fingerprint density at radius 2 is 2.20 bits per heavy atom. The zero-order chi connectivity index (χ0) is 10.4. The predicted molar refractivity (Wildman–Crippen MR) is 51.1 cm³/mol. The molecule has 1 aromatic heterocycles. The van der Waals surface area contributed by atoms with E-state index in [0.29, 0.717) is 23.4 Å². The third-order valence-electron chi connectivity index (χ3n) is 3.18. The molecule has 0 aromatic carbocycles. The van der Waals surface area contributed by atoms with Crippen LogP contribution in [0.15, 0.2) is 12.3 Å². The number of nitrogens with zero attached hydrogens (tertiary/aromatic N) is 2. The third-order valence-corrected chi connectivity index (χ3v) is 3.18. The van der Waals surface area contributed by atoms with Gasteiger partial charge in [0.25, 0.3) is 5.91 Å². The van der Waals surface area contributed by atoms with E-state index >= 15 is 0 Å². The number of rotatable bonds is 2. The molecule has 78 valence electrons. The summed E-state index contributed by atoms with van der Waals surface area (Å²) in [6.45, 7) is 1.58. The smallest absolute Gasteiger partial charge is 0.267 e. The molecular formula is C10H11N3O2. The van der Waals surface area contributed by atoms with Crippen LogP contribution in [0.4, 0.5) is 0 Å². The van der Waals surface area contributed by atoms with Crippen LogP contribution in [-0.2, 0) is 4.74 Å². The standard InChI is InChI=1S/C10H11N3O2/c11-9(14)7-1-2-12-10(13-7)8-5-3-15-4-6(5)8/h1-2,5-6,8H,3-4H2,(H2,11,14). The van der Waals surface area contributed by atoms with Crippen molar-refractivity contribution >= 4 is 5.91 Å². The molecule has 1 aliphatic carbocycles. The van der Waals surface area contributed by atoms with Gasteiger partial charge in [-0.1, -0.05) is 0 Å². The average Bonchev–Trinajstić information content (AvgIpc) is 2.73. The lowest BCUT2D eigenvalue weighted by molar-refractivity contribution is 0.0995. The highest BCUT2D eigenvalue weighted by atomic mass is 16.5. The number of nitrogens with two attached hydrogens (primary N) is 1. The summed E-state index contributed by atoms with van der Waals surface area (Å²) in [7, 11) is 0. The van der Waals surface area contributed by atoms with Crippen LogP contribution in [0.25, 0.3) is 0 Å². The van der Waals surface area contributed by atoms with E-state index in [4.69, 9.17) is 10.5 Å². The van der Waals surface area contributed by atoms with Gasteiger partial charge in [-0.05, 0) is 17.9 Å². The van der Waals surface area contributed by atoms with Gasteiger partial charge in [0.05, 0.1) is 13.2 Å². The van der Waals surface area contributed by atoms with Crippen molar-refractivity contribution in [2.75, 3.05) is 13.2 Å². The Balaban J connectivity index is 1.87. The molecule has 5 nitrogen and oxygen atoms in total. The molecule has 0 bridgehead atoms. The van der Waals surface area contributed by atoms with Crippen molar-refractivity contribution in [1.82, 2.24) is 9.97 Å². The fourth-order valence-electron chi connectivity index (χ4n) is 2.29. The normalized spacial score (nSPS) is 32.4.